The van der Waals surface area contributed by atoms with E-state index in [1.807, 2.05) is 20.8 Å². The van der Waals surface area contributed by atoms with E-state index in [9.17, 15) is 5.11 Å². The standard InChI is InChI=1S/C12H18O3/c1-12(2,3)10-4-8(6-13)11(15)9(5-10)7-14/h4-5,13-15H,6-7H2,1-3H3. The van der Waals surface area contributed by atoms with Crippen molar-refractivity contribution in [2.24, 2.45) is 0 Å². The highest BCUT2D eigenvalue weighted by atomic mass is 16.3. The van der Waals surface area contributed by atoms with Gasteiger partial charge in [0.1, 0.15) is 5.75 Å². The maximum absolute atomic E-state index is 9.66. The van der Waals surface area contributed by atoms with E-state index >= 15 is 0 Å². The summed E-state index contributed by atoms with van der Waals surface area (Å²) < 4.78 is 0. The highest BCUT2D eigenvalue weighted by molar-refractivity contribution is 5.45. The Morgan fingerprint density at radius 2 is 1.40 bits per heavy atom. The van der Waals surface area contributed by atoms with Gasteiger partial charge in [-0.2, -0.15) is 0 Å². The van der Waals surface area contributed by atoms with Gasteiger partial charge in [0, 0.05) is 11.1 Å². The molecule has 0 spiro atoms. The molecule has 1 aromatic rings. The van der Waals surface area contributed by atoms with Gasteiger partial charge in [-0.1, -0.05) is 20.8 Å². The van der Waals surface area contributed by atoms with Gasteiger partial charge in [0.15, 0.2) is 0 Å². The number of hydrogen-bond acceptors (Lipinski definition) is 3. The number of aliphatic hydroxyl groups excluding tert-OH is 2. The van der Waals surface area contributed by atoms with E-state index in [0.29, 0.717) is 11.1 Å². The second-order valence-electron chi connectivity index (χ2n) is 4.71. The van der Waals surface area contributed by atoms with Crippen molar-refractivity contribution in [1.82, 2.24) is 0 Å². The van der Waals surface area contributed by atoms with Gasteiger partial charge in [0.05, 0.1) is 13.2 Å². The number of rotatable bonds is 2. The molecule has 0 radical (unpaired) electrons. The van der Waals surface area contributed by atoms with Crippen molar-refractivity contribution >= 4 is 0 Å². The zero-order chi connectivity index (χ0) is 11.6. The second-order valence-corrected chi connectivity index (χ2v) is 4.71. The lowest BCUT2D eigenvalue weighted by Gasteiger charge is -2.21. The third-order valence-electron chi connectivity index (χ3n) is 2.47. The minimum Gasteiger partial charge on any atom is -0.507 e. The lowest BCUT2D eigenvalue weighted by atomic mass is 9.85. The lowest BCUT2D eigenvalue weighted by molar-refractivity contribution is 0.263. The molecule has 0 aromatic heterocycles. The number of hydrogen-bond donors (Lipinski definition) is 3. The van der Waals surface area contributed by atoms with Gasteiger partial charge in [0.25, 0.3) is 0 Å². The van der Waals surface area contributed by atoms with Crippen LogP contribution in [0.2, 0.25) is 0 Å². The SMILES string of the molecule is CC(C)(C)c1cc(CO)c(O)c(CO)c1. The number of phenols is 1. The fraction of sp³-hybridized carbons (Fsp3) is 0.500. The summed E-state index contributed by atoms with van der Waals surface area (Å²) >= 11 is 0. The molecule has 0 amide bonds. The van der Waals surface area contributed by atoms with E-state index in [1.165, 1.54) is 0 Å². The van der Waals surface area contributed by atoms with E-state index in [0.717, 1.165) is 5.56 Å². The van der Waals surface area contributed by atoms with Gasteiger partial charge >= 0.3 is 0 Å². The second kappa shape index (κ2) is 4.21. The maximum Gasteiger partial charge on any atom is 0.126 e. The Morgan fingerprint density at radius 1 is 1.00 bits per heavy atom. The molecule has 3 heteroatoms. The van der Waals surface area contributed by atoms with Crippen LogP contribution in [-0.4, -0.2) is 15.3 Å². The summed E-state index contributed by atoms with van der Waals surface area (Å²) in [5, 5.41) is 27.8. The molecule has 1 aromatic carbocycles. The summed E-state index contributed by atoms with van der Waals surface area (Å²) in [5.41, 5.74) is 1.85. The molecular weight excluding hydrogens is 192 g/mol. The van der Waals surface area contributed by atoms with Crippen molar-refractivity contribution in [2.75, 3.05) is 0 Å². The molecule has 0 aliphatic heterocycles. The Balaban J connectivity index is 3.33. The van der Waals surface area contributed by atoms with Crippen molar-refractivity contribution in [2.45, 2.75) is 39.4 Å². The fourth-order valence-electron chi connectivity index (χ4n) is 1.43. The first-order valence-electron chi connectivity index (χ1n) is 4.97. The normalized spacial score (nSPS) is 11.8. The molecule has 0 atom stereocenters. The Hall–Kier alpha value is -1.06. The molecule has 0 unspecified atom stereocenters. The molecule has 0 bridgehead atoms. The van der Waals surface area contributed by atoms with E-state index in [2.05, 4.69) is 0 Å². The number of benzene rings is 1. The molecule has 0 aliphatic carbocycles. The fourth-order valence-corrected chi connectivity index (χ4v) is 1.43. The summed E-state index contributed by atoms with van der Waals surface area (Å²) in [4.78, 5) is 0. The largest absolute Gasteiger partial charge is 0.507 e. The smallest absolute Gasteiger partial charge is 0.126 e. The van der Waals surface area contributed by atoms with E-state index in [-0.39, 0.29) is 24.4 Å². The Bertz CT molecular complexity index is 325. The van der Waals surface area contributed by atoms with Crippen molar-refractivity contribution in [3.63, 3.8) is 0 Å². The van der Waals surface area contributed by atoms with Crippen LogP contribution in [0.4, 0.5) is 0 Å². The minimum absolute atomic E-state index is 0.00648. The van der Waals surface area contributed by atoms with Gasteiger partial charge < -0.3 is 15.3 Å². The summed E-state index contributed by atoms with van der Waals surface area (Å²) in [6.07, 6.45) is 0. The summed E-state index contributed by atoms with van der Waals surface area (Å²) in [5.74, 6) is -0.00648. The molecule has 15 heavy (non-hydrogen) atoms. The summed E-state index contributed by atoms with van der Waals surface area (Å²) in [6, 6.07) is 3.54. The number of aliphatic hydroxyl groups is 2. The monoisotopic (exact) mass is 210 g/mol. The first kappa shape index (κ1) is 12.0. The van der Waals surface area contributed by atoms with Crippen LogP contribution in [0, 0.1) is 0 Å². The van der Waals surface area contributed by atoms with Crippen LogP contribution >= 0.6 is 0 Å². The molecule has 0 heterocycles. The van der Waals surface area contributed by atoms with Crippen LogP contribution in [-0.2, 0) is 18.6 Å². The quantitative estimate of drug-likeness (QED) is 0.696. The van der Waals surface area contributed by atoms with E-state index < -0.39 is 0 Å². The molecule has 3 N–H and O–H groups in total. The van der Waals surface area contributed by atoms with Crippen LogP contribution < -0.4 is 0 Å². The van der Waals surface area contributed by atoms with Crippen molar-refractivity contribution in [1.29, 1.82) is 0 Å². The molecular formula is C12H18O3. The molecule has 0 fully saturated rings. The van der Waals surface area contributed by atoms with Gasteiger partial charge in [0.2, 0.25) is 0 Å². The minimum atomic E-state index is -0.219. The van der Waals surface area contributed by atoms with Gasteiger partial charge in [-0.25, -0.2) is 0 Å². The average Bonchev–Trinajstić information content (AvgIpc) is 2.16. The predicted molar refractivity (Wildman–Crippen MR) is 58.7 cm³/mol. The van der Waals surface area contributed by atoms with Crippen LogP contribution in [0.1, 0.15) is 37.5 Å². The van der Waals surface area contributed by atoms with Crippen LogP contribution in [0.5, 0.6) is 5.75 Å². The molecule has 1 rings (SSSR count). The van der Waals surface area contributed by atoms with Crippen LogP contribution in [0.25, 0.3) is 0 Å². The van der Waals surface area contributed by atoms with Crippen LogP contribution in [0.15, 0.2) is 12.1 Å². The van der Waals surface area contributed by atoms with Crippen molar-refractivity contribution in [3.8, 4) is 5.75 Å². The third kappa shape index (κ3) is 2.49. The molecule has 3 nitrogen and oxygen atoms in total. The highest BCUT2D eigenvalue weighted by Gasteiger charge is 2.17. The molecule has 84 valence electrons. The highest BCUT2D eigenvalue weighted by Crippen LogP contribution is 2.31. The van der Waals surface area contributed by atoms with Gasteiger partial charge in [-0.05, 0) is 23.1 Å². The van der Waals surface area contributed by atoms with Gasteiger partial charge in [-0.15, -0.1) is 0 Å². The van der Waals surface area contributed by atoms with Crippen molar-refractivity contribution < 1.29 is 15.3 Å². The molecule has 0 aliphatic rings. The first-order chi connectivity index (χ1) is 6.90. The Morgan fingerprint density at radius 3 is 1.67 bits per heavy atom. The average molecular weight is 210 g/mol. The number of aromatic hydroxyl groups is 1. The lowest BCUT2D eigenvalue weighted by Crippen LogP contribution is -2.12. The maximum atomic E-state index is 9.66. The zero-order valence-electron chi connectivity index (χ0n) is 9.41. The topological polar surface area (TPSA) is 60.7 Å². The zero-order valence-corrected chi connectivity index (χ0v) is 9.41. The summed E-state index contributed by atoms with van der Waals surface area (Å²) in [7, 11) is 0. The van der Waals surface area contributed by atoms with Gasteiger partial charge in [-0.3, -0.25) is 0 Å². The van der Waals surface area contributed by atoms with E-state index in [1.54, 1.807) is 12.1 Å². The van der Waals surface area contributed by atoms with Crippen molar-refractivity contribution in [3.05, 3.63) is 28.8 Å². The third-order valence-corrected chi connectivity index (χ3v) is 2.47. The van der Waals surface area contributed by atoms with Crippen LogP contribution in [0.3, 0.4) is 0 Å². The summed E-state index contributed by atoms with van der Waals surface area (Å²) in [6.45, 7) is 5.69. The first-order valence-corrected chi connectivity index (χ1v) is 4.97. The Labute approximate surface area is 90.0 Å². The molecule has 0 saturated heterocycles. The molecule has 0 saturated carbocycles. The van der Waals surface area contributed by atoms with E-state index in [4.69, 9.17) is 10.2 Å². The Kier molecular flexibility index (Phi) is 3.37. The predicted octanol–water partition coefficient (Wildman–Crippen LogP) is 1.67.